The number of carbonyl (C=O) groups excluding carboxylic acids is 4. The van der Waals surface area contributed by atoms with Gasteiger partial charge in [0.25, 0.3) is 0 Å². The van der Waals surface area contributed by atoms with E-state index in [4.69, 9.17) is 37.0 Å². The minimum absolute atomic E-state index is 0.106. The maximum atomic E-state index is 13.0. The van der Waals surface area contributed by atoms with Crippen LogP contribution in [0.25, 0.3) is 0 Å². The van der Waals surface area contributed by atoms with Crippen molar-refractivity contribution in [1.29, 1.82) is 0 Å². The first kappa shape index (κ1) is 82.1. The molecule has 498 valence electrons. The Balaban J connectivity index is 5.17. The second kappa shape index (κ2) is 58.7. The van der Waals surface area contributed by atoms with Crippen LogP contribution in [0.2, 0.25) is 0 Å². The Morgan fingerprint density at radius 3 is 0.810 bits per heavy atom. The van der Waals surface area contributed by atoms with Crippen molar-refractivity contribution in [3.05, 3.63) is 0 Å². The third-order valence-electron chi connectivity index (χ3n) is 15.0. The fourth-order valence-corrected chi connectivity index (χ4v) is 11.3. The maximum Gasteiger partial charge on any atom is 0.472 e. The quantitative estimate of drug-likeness (QED) is 0.0222. The highest BCUT2D eigenvalue weighted by molar-refractivity contribution is 7.47. The van der Waals surface area contributed by atoms with Crippen LogP contribution in [0.5, 0.6) is 0 Å². The molecule has 0 bridgehead atoms. The van der Waals surface area contributed by atoms with Gasteiger partial charge in [-0.1, -0.05) is 279 Å². The van der Waals surface area contributed by atoms with Crippen molar-refractivity contribution in [1.82, 2.24) is 0 Å². The third-order valence-corrected chi connectivity index (χ3v) is 16.9. The average Bonchev–Trinajstić information content (AvgIpc) is 3.57. The number of phosphoric acid groups is 2. The smallest absolute Gasteiger partial charge is 0.462 e. The topological polar surface area (TPSA) is 237 Å². The molecule has 0 aromatic heterocycles. The van der Waals surface area contributed by atoms with Gasteiger partial charge < -0.3 is 33.8 Å². The Morgan fingerprint density at radius 2 is 0.548 bits per heavy atom. The van der Waals surface area contributed by atoms with Gasteiger partial charge in [-0.25, -0.2) is 9.13 Å². The minimum atomic E-state index is -4.94. The lowest BCUT2D eigenvalue weighted by Gasteiger charge is -2.21. The first-order valence-corrected chi connectivity index (χ1v) is 37.1. The summed E-state index contributed by atoms with van der Waals surface area (Å²) < 4.78 is 67.9. The molecule has 0 radical (unpaired) electrons. The molecule has 5 atom stereocenters. The zero-order valence-electron chi connectivity index (χ0n) is 54.0. The van der Waals surface area contributed by atoms with Crippen molar-refractivity contribution in [3.63, 3.8) is 0 Å². The van der Waals surface area contributed by atoms with Crippen LogP contribution in [0.4, 0.5) is 0 Å². The number of esters is 4. The number of ether oxygens (including phenoxy) is 4. The summed E-state index contributed by atoms with van der Waals surface area (Å²) >= 11 is 0. The normalized spacial score (nSPS) is 14.2. The van der Waals surface area contributed by atoms with Crippen LogP contribution >= 0.6 is 15.6 Å². The summed E-state index contributed by atoms with van der Waals surface area (Å²) in [5, 5.41) is 10.5. The molecule has 0 saturated carbocycles. The molecule has 0 aliphatic carbocycles. The van der Waals surface area contributed by atoms with Gasteiger partial charge in [-0.15, -0.1) is 0 Å². The zero-order chi connectivity index (χ0) is 62.0. The highest BCUT2D eigenvalue weighted by Crippen LogP contribution is 2.45. The van der Waals surface area contributed by atoms with E-state index in [2.05, 4.69) is 34.6 Å². The highest BCUT2D eigenvalue weighted by Gasteiger charge is 2.30. The van der Waals surface area contributed by atoms with Crippen LogP contribution in [0.15, 0.2) is 0 Å². The number of hydrogen-bond acceptors (Lipinski definition) is 15. The standard InChI is InChI=1S/C65H126O17P2/c1-6-9-12-15-18-20-22-23-24-25-26-27-28-30-35-41-46-51-65(70)82-61(55-76-63(68)49-44-39-36-31-33-37-42-47-58(4)5)57-80-84(73,74)78-53-59(66)52-77-83(71,72)79-56-60(54-75-62(67)48-43-38-32-17-14-11-8-3)81-64(69)50-45-40-34-29-21-19-16-13-10-7-2/h58-61,66H,6-57H2,1-5H3,(H,71,72)(H,73,74)/t59-,60+,61+/m0/s1. The molecule has 0 aromatic rings. The van der Waals surface area contributed by atoms with Crippen LogP contribution in [0.3, 0.4) is 0 Å². The zero-order valence-corrected chi connectivity index (χ0v) is 55.8. The Morgan fingerprint density at radius 1 is 0.321 bits per heavy atom. The maximum absolute atomic E-state index is 13.0. The SMILES string of the molecule is CCCCCCCCCCCCCCCCCCCC(=O)O[C@H](COC(=O)CCCCCCCCCC(C)C)COP(=O)(O)OC[C@@H](O)COP(=O)(O)OC[C@@H](COC(=O)CCCCCCCCC)OC(=O)CCCCCCCCCCCC. The number of carbonyl (C=O) groups is 4. The molecule has 84 heavy (non-hydrogen) atoms. The summed E-state index contributed by atoms with van der Waals surface area (Å²) in [6.07, 6.45) is 43.3. The van der Waals surface area contributed by atoms with Gasteiger partial charge in [0, 0.05) is 25.7 Å². The Hall–Kier alpha value is -1.94. The van der Waals surface area contributed by atoms with Crippen molar-refractivity contribution >= 4 is 39.5 Å². The number of aliphatic hydroxyl groups is 1. The van der Waals surface area contributed by atoms with Gasteiger partial charge in [0.1, 0.15) is 19.3 Å². The molecular formula is C65H126O17P2. The summed E-state index contributed by atoms with van der Waals surface area (Å²) in [5.74, 6) is -1.43. The molecule has 17 nitrogen and oxygen atoms in total. The van der Waals surface area contributed by atoms with Gasteiger partial charge in [-0.05, 0) is 31.6 Å². The van der Waals surface area contributed by atoms with Crippen molar-refractivity contribution in [2.24, 2.45) is 5.92 Å². The second-order valence-corrected chi connectivity index (χ2v) is 26.9. The molecule has 0 heterocycles. The first-order valence-electron chi connectivity index (χ1n) is 34.1. The van der Waals surface area contributed by atoms with E-state index >= 15 is 0 Å². The van der Waals surface area contributed by atoms with E-state index in [1.54, 1.807) is 0 Å². The molecule has 0 saturated heterocycles. The molecule has 0 aliphatic heterocycles. The van der Waals surface area contributed by atoms with E-state index in [1.807, 2.05) is 0 Å². The largest absolute Gasteiger partial charge is 0.472 e. The first-order chi connectivity index (χ1) is 40.5. The van der Waals surface area contributed by atoms with Crippen LogP contribution < -0.4 is 0 Å². The molecule has 0 aromatic carbocycles. The van der Waals surface area contributed by atoms with E-state index in [9.17, 15) is 43.2 Å². The van der Waals surface area contributed by atoms with E-state index in [1.165, 1.54) is 135 Å². The molecule has 0 rings (SSSR count). The molecule has 2 unspecified atom stereocenters. The highest BCUT2D eigenvalue weighted by atomic mass is 31.2. The van der Waals surface area contributed by atoms with Gasteiger partial charge in [0.15, 0.2) is 12.2 Å². The second-order valence-electron chi connectivity index (χ2n) is 24.0. The Labute approximate surface area is 511 Å². The average molecular weight is 1240 g/mol. The molecule has 19 heteroatoms. The van der Waals surface area contributed by atoms with Crippen molar-refractivity contribution in [3.8, 4) is 0 Å². The van der Waals surface area contributed by atoms with E-state index < -0.39 is 97.5 Å². The Bertz CT molecular complexity index is 1640. The summed E-state index contributed by atoms with van der Waals surface area (Å²) in [7, 11) is -9.88. The van der Waals surface area contributed by atoms with Gasteiger partial charge in [-0.2, -0.15) is 0 Å². The van der Waals surface area contributed by atoms with E-state index in [-0.39, 0.29) is 25.7 Å². The van der Waals surface area contributed by atoms with Crippen molar-refractivity contribution in [2.45, 2.75) is 348 Å². The monoisotopic (exact) mass is 1240 g/mol. The number of hydrogen-bond donors (Lipinski definition) is 3. The third kappa shape index (κ3) is 59.0. The molecule has 0 amide bonds. The lowest BCUT2D eigenvalue weighted by Crippen LogP contribution is -2.30. The summed E-state index contributed by atoms with van der Waals surface area (Å²) in [6.45, 7) is 7.10. The number of rotatable bonds is 65. The predicted octanol–water partition coefficient (Wildman–Crippen LogP) is 18.2. The van der Waals surface area contributed by atoms with Gasteiger partial charge in [0.2, 0.25) is 0 Å². The molecule has 0 fully saturated rings. The van der Waals surface area contributed by atoms with Crippen molar-refractivity contribution < 1.29 is 80.2 Å². The van der Waals surface area contributed by atoms with Crippen LogP contribution in [0, 0.1) is 5.92 Å². The predicted molar refractivity (Wildman–Crippen MR) is 335 cm³/mol. The molecule has 3 N–H and O–H groups in total. The Kier molecular flexibility index (Phi) is 57.4. The van der Waals surface area contributed by atoms with Crippen LogP contribution in [-0.4, -0.2) is 96.7 Å². The number of phosphoric ester groups is 2. The number of unbranched alkanes of at least 4 members (excludes halogenated alkanes) is 37. The van der Waals surface area contributed by atoms with E-state index in [0.29, 0.717) is 31.6 Å². The van der Waals surface area contributed by atoms with Gasteiger partial charge >= 0.3 is 39.5 Å². The fraction of sp³-hybridized carbons (Fsp3) is 0.938. The summed E-state index contributed by atoms with van der Waals surface area (Å²) in [4.78, 5) is 72.1. The molecule has 0 aliphatic rings. The lowest BCUT2D eigenvalue weighted by atomic mass is 10.0. The van der Waals surface area contributed by atoms with Gasteiger partial charge in [0.05, 0.1) is 26.4 Å². The molecular weight excluding hydrogens is 1110 g/mol. The van der Waals surface area contributed by atoms with Crippen molar-refractivity contribution in [2.75, 3.05) is 39.6 Å². The van der Waals surface area contributed by atoms with Crippen LogP contribution in [0.1, 0.15) is 330 Å². The molecule has 0 spiro atoms. The minimum Gasteiger partial charge on any atom is -0.462 e. The fourth-order valence-electron chi connectivity index (χ4n) is 9.76. The van der Waals surface area contributed by atoms with E-state index in [0.717, 1.165) is 109 Å². The van der Waals surface area contributed by atoms with Crippen LogP contribution in [-0.2, 0) is 65.4 Å². The van der Waals surface area contributed by atoms with Gasteiger partial charge in [-0.3, -0.25) is 37.3 Å². The number of aliphatic hydroxyl groups excluding tert-OH is 1. The lowest BCUT2D eigenvalue weighted by molar-refractivity contribution is -0.161. The summed E-state index contributed by atoms with van der Waals surface area (Å²) in [6, 6.07) is 0. The summed E-state index contributed by atoms with van der Waals surface area (Å²) in [5.41, 5.74) is 0.